The fraction of sp³-hybridized carbons (Fsp3) is 0.273. The molecular weight excluding hydrogens is 479 g/mol. The molecule has 4 rings (SSSR count). The van der Waals surface area contributed by atoms with E-state index in [1.165, 1.54) is 0 Å². The highest BCUT2D eigenvalue weighted by atomic mass is 35.5. The molecule has 0 atom stereocenters. The number of rotatable bonds is 7. The largest absolute Gasteiger partial charge is 0.354 e. The SMILES string of the molecule is Cl.Cl.O=C(NCCNC(=O)c1ccc(NC2=NCCN2)cc1)c1ccc(NC2=NCCN2)cc1. The van der Waals surface area contributed by atoms with E-state index in [2.05, 4.69) is 41.9 Å². The van der Waals surface area contributed by atoms with Crippen molar-refractivity contribution in [3.63, 3.8) is 0 Å². The van der Waals surface area contributed by atoms with Crippen LogP contribution in [0.15, 0.2) is 58.5 Å². The lowest BCUT2D eigenvalue weighted by molar-refractivity contribution is 0.0927. The van der Waals surface area contributed by atoms with Crippen molar-refractivity contribution in [2.24, 2.45) is 9.98 Å². The lowest BCUT2D eigenvalue weighted by Crippen LogP contribution is -2.34. The first-order valence-electron chi connectivity index (χ1n) is 10.5. The molecule has 2 aromatic rings. The summed E-state index contributed by atoms with van der Waals surface area (Å²) in [6, 6.07) is 14.3. The van der Waals surface area contributed by atoms with Gasteiger partial charge in [-0.3, -0.25) is 19.6 Å². The summed E-state index contributed by atoms with van der Waals surface area (Å²) in [7, 11) is 0. The molecule has 0 fully saturated rings. The van der Waals surface area contributed by atoms with Crippen molar-refractivity contribution in [1.82, 2.24) is 21.3 Å². The van der Waals surface area contributed by atoms with Gasteiger partial charge in [0.05, 0.1) is 13.1 Å². The van der Waals surface area contributed by atoms with Crippen LogP contribution in [0.5, 0.6) is 0 Å². The Morgan fingerprint density at radius 2 is 1.06 bits per heavy atom. The first-order chi connectivity index (χ1) is 15.7. The Morgan fingerprint density at radius 1 is 0.676 bits per heavy atom. The van der Waals surface area contributed by atoms with Crippen molar-refractivity contribution in [1.29, 1.82) is 0 Å². The molecule has 182 valence electrons. The van der Waals surface area contributed by atoms with Crippen LogP contribution in [0, 0.1) is 0 Å². The van der Waals surface area contributed by atoms with Gasteiger partial charge in [0.2, 0.25) is 0 Å². The molecule has 10 nitrogen and oxygen atoms in total. The normalized spacial score (nSPS) is 13.6. The maximum absolute atomic E-state index is 12.3. The number of amides is 2. The van der Waals surface area contributed by atoms with Crippen LogP contribution >= 0.6 is 24.8 Å². The Bertz CT molecular complexity index is 943. The van der Waals surface area contributed by atoms with Gasteiger partial charge < -0.3 is 31.9 Å². The van der Waals surface area contributed by atoms with Crippen molar-refractivity contribution < 1.29 is 9.59 Å². The minimum atomic E-state index is -0.194. The number of nitrogens with one attached hydrogen (secondary N) is 6. The van der Waals surface area contributed by atoms with E-state index >= 15 is 0 Å². The topological polar surface area (TPSA) is 131 Å². The van der Waals surface area contributed by atoms with Crippen LogP contribution < -0.4 is 31.9 Å². The monoisotopic (exact) mass is 506 g/mol. The van der Waals surface area contributed by atoms with Gasteiger partial charge >= 0.3 is 0 Å². The average Bonchev–Trinajstić information content (AvgIpc) is 3.52. The lowest BCUT2D eigenvalue weighted by atomic mass is 10.2. The highest BCUT2D eigenvalue weighted by Gasteiger charge is 2.09. The molecule has 6 N–H and O–H groups in total. The third-order valence-electron chi connectivity index (χ3n) is 4.86. The number of anilines is 2. The number of aliphatic imine (C=N–C) groups is 2. The zero-order chi connectivity index (χ0) is 22.2. The molecule has 0 aromatic heterocycles. The van der Waals surface area contributed by atoms with Crippen molar-refractivity contribution in [3.05, 3.63) is 59.7 Å². The van der Waals surface area contributed by atoms with Crippen molar-refractivity contribution >= 4 is 59.9 Å². The molecule has 2 heterocycles. The molecule has 34 heavy (non-hydrogen) atoms. The second-order valence-electron chi connectivity index (χ2n) is 7.23. The molecule has 0 saturated heterocycles. The number of benzene rings is 2. The van der Waals surface area contributed by atoms with E-state index in [1.807, 2.05) is 24.3 Å². The second-order valence-corrected chi connectivity index (χ2v) is 7.23. The van der Waals surface area contributed by atoms with Crippen LogP contribution in [0.3, 0.4) is 0 Å². The molecule has 0 bridgehead atoms. The fourth-order valence-electron chi connectivity index (χ4n) is 3.20. The molecule has 2 amide bonds. The average molecular weight is 507 g/mol. The van der Waals surface area contributed by atoms with Crippen LogP contribution in [0.25, 0.3) is 0 Å². The number of guanidine groups is 2. The van der Waals surface area contributed by atoms with Gasteiger partial charge in [-0.25, -0.2) is 0 Å². The van der Waals surface area contributed by atoms with E-state index in [0.717, 1.165) is 49.5 Å². The van der Waals surface area contributed by atoms with Crippen molar-refractivity contribution in [2.45, 2.75) is 0 Å². The van der Waals surface area contributed by atoms with E-state index in [4.69, 9.17) is 0 Å². The van der Waals surface area contributed by atoms with Crippen LogP contribution in [-0.2, 0) is 0 Å². The predicted molar refractivity (Wildman–Crippen MR) is 140 cm³/mol. The van der Waals surface area contributed by atoms with Crippen molar-refractivity contribution in [3.8, 4) is 0 Å². The summed E-state index contributed by atoms with van der Waals surface area (Å²) in [6.45, 7) is 3.84. The Kier molecular flexibility index (Phi) is 10.4. The molecule has 12 heteroatoms. The van der Waals surface area contributed by atoms with Gasteiger partial charge in [0.1, 0.15) is 0 Å². The summed E-state index contributed by atoms with van der Waals surface area (Å²) in [5.74, 6) is 1.09. The summed E-state index contributed by atoms with van der Waals surface area (Å²) < 4.78 is 0. The van der Waals surface area contributed by atoms with Gasteiger partial charge in [-0.2, -0.15) is 0 Å². The Hall–Kier alpha value is -3.50. The quantitative estimate of drug-likeness (QED) is 0.315. The summed E-state index contributed by atoms with van der Waals surface area (Å²) in [4.78, 5) is 33.1. The summed E-state index contributed by atoms with van der Waals surface area (Å²) in [5, 5.41) is 18.2. The molecule has 0 spiro atoms. The lowest BCUT2D eigenvalue weighted by Gasteiger charge is -2.10. The van der Waals surface area contributed by atoms with Crippen LogP contribution in [0.1, 0.15) is 20.7 Å². The van der Waals surface area contributed by atoms with Gasteiger partial charge in [-0.05, 0) is 48.5 Å². The van der Waals surface area contributed by atoms with E-state index in [0.29, 0.717) is 24.2 Å². The molecule has 0 radical (unpaired) electrons. The summed E-state index contributed by atoms with van der Waals surface area (Å²) >= 11 is 0. The molecular formula is C22H28Cl2N8O2. The molecule has 0 saturated carbocycles. The number of carbonyl (C=O) groups excluding carboxylic acids is 2. The first-order valence-corrected chi connectivity index (χ1v) is 10.5. The highest BCUT2D eigenvalue weighted by molar-refractivity contribution is 5.98. The maximum Gasteiger partial charge on any atom is 0.251 e. The fourth-order valence-corrected chi connectivity index (χ4v) is 3.20. The molecule has 2 aliphatic heterocycles. The molecule has 0 aliphatic carbocycles. The van der Waals surface area contributed by atoms with Gasteiger partial charge in [0.15, 0.2) is 11.9 Å². The minimum absolute atomic E-state index is 0. The third kappa shape index (κ3) is 7.53. The number of hydrogen-bond donors (Lipinski definition) is 6. The molecule has 0 unspecified atom stereocenters. The van der Waals surface area contributed by atoms with E-state index < -0.39 is 0 Å². The van der Waals surface area contributed by atoms with Crippen LogP contribution in [0.2, 0.25) is 0 Å². The smallest absolute Gasteiger partial charge is 0.251 e. The zero-order valence-electron chi connectivity index (χ0n) is 18.4. The van der Waals surface area contributed by atoms with E-state index in [1.54, 1.807) is 24.3 Å². The maximum atomic E-state index is 12.3. The van der Waals surface area contributed by atoms with Gasteiger partial charge in [-0.15, -0.1) is 24.8 Å². The highest BCUT2D eigenvalue weighted by Crippen LogP contribution is 2.11. The molecule has 2 aromatic carbocycles. The van der Waals surface area contributed by atoms with Gasteiger partial charge in [0.25, 0.3) is 11.8 Å². The predicted octanol–water partition coefficient (Wildman–Crippen LogP) is 1.43. The Morgan fingerprint density at radius 3 is 1.38 bits per heavy atom. The van der Waals surface area contributed by atoms with Gasteiger partial charge in [0, 0.05) is 48.7 Å². The minimum Gasteiger partial charge on any atom is -0.354 e. The van der Waals surface area contributed by atoms with E-state index in [9.17, 15) is 9.59 Å². The number of carbonyl (C=O) groups is 2. The number of nitrogens with zero attached hydrogens (tertiary/aromatic N) is 2. The van der Waals surface area contributed by atoms with Crippen LogP contribution in [0.4, 0.5) is 11.4 Å². The zero-order valence-corrected chi connectivity index (χ0v) is 20.0. The first kappa shape index (κ1) is 26.7. The van der Waals surface area contributed by atoms with E-state index in [-0.39, 0.29) is 36.6 Å². The number of halogens is 2. The van der Waals surface area contributed by atoms with Crippen LogP contribution in [-0.4, -0.2) is 63.0 Å². The Balaban J connectivity index is 0.00000204. The summed E-state index contributed by atoms with van der Waals surface area (Å²) in [5.41, 5.74) is 2.81. The standard InChI is InChI=1S/C22H26N8O2.2ClH/c31-19(15-1-5-17(6-2-15)29-21-25-11-12-26-21)23-9-10-24-20(32)16-3-7-18(8-4-16)30-22-27-13-14-28-22;;/h1-8H,9-14H2,(H,23,31)(H,24,32)(H2,25,26,29)(H2,27,28,30);2*1H. The number of hydrogen-bond acceptors (Lipinski definition) is 8. The van der Waals surface area contributed by atoms with Crippen molar-refractivity contribution in [2.75, 3.05) is 49.9 Å². The van der Waals surface area contributed by atoms with Gasteiger partial charge in [-0.1, -0.05) is 0 Å². The molecule has 2 aliphatic rings. The third-order valence-corrected chi connectivity index (χ3v) is 4.86. The second kappa shape index (κ2) is 13.3. The Labute approximate surface area is 210 Å². The summed E-state index contributed by atoms with van der Waals surface area (Å²) in [6.07, 6.45) is 0.